The van der Waals surface area contributed by atoms with E-state index in [9.17, 15) is 20.0 Å². The number of hydrogen-bond donors (Lipinski definition) is 1. The molecule has 1 amide bonds. The second-order valence-electron chi connectivity index (χ2n) is 5.26. The van der Waals surface area contributed by atoms with Crippen LogP contribution in [0.4, 0.5) is 5.69 Å². The van der Waals surface area contributed by atoms with Crippen molar-refractivity contribution in [1.82, 2.24) is 14.7 Å². The van der Waals surface area contributed by atoms with E-state index < -0.39 is 11.0 Å². The van der Waals surface area contributed by atoms with Crippen molar-refractivity contribution < 1.29 is 14.8 Å². The summed E-state index contributed by atoms with van der Waals surface area (Å²) in [4.78, 5) is 24.3. The third kappa shape index (κ3) is 3.92. The van der Waals surface area contributed by atoms with Gasteiger partial charge in [-0.15, -0.1) is 0 Å². The van der Waals surface area contributed by atoms with E-state index in [0.717, 1.165) is 0 Å². The summed E-state index contributed by atoms with van der Waals surface area (Å²) in [5.41, 5.74) is 0.400. The van der Waals surface area contributed by atoms with Gasteiger partial charge in [0.15, 0.2) is 5.69 Å². The van der Waals surface area contributed by atoms with Crippen LogP contribution in [0.5, 0.6) is 0 Å². The number of carbonyl (C=O) groups excluding carboxylic acids is 1. The molecule has 0 spiro atoms. The highest BCUT2D eigenvalue weighted by atomic mass is 16.6. The summed E-state index contributed by atoms with van der Waals surface area (Å²) >= 11 is 0. The average Bonchev–Trinajstić information content (AvgIpc) is 3.01. The molecule has 0 saturated carbocycles. The van der Waals surface area contributed by atoms with Crippen LogP contribution in [0.15, 0.2) is 36.5 Å². The highest BCUT2D eigenvalue weighted by molar-refractivity contribution is 5.92. The van der Waals surface area contributed by atoms with Gasteiger partial charge < -0.3 is 10.0 Å². The predicted molar refractivity (Wildman–Crippen MR) is 83.5 cm³/mol. The van der Waals surface area contributed by atoms with Crippen LogP contribution < -0.4 is 0 Å². The molecule has 23 heavy (non-hydrogen) atoms. The Bertz CT molecular complexity index is 711. The lowest BCUT2D eigenvalue weighted by Gasteiger charge is -2.16. The van der Waals surface area contributed by atoms with Crippen LogP contribution in [0.2, 0.25) is 0 Å². The number of aromatic nitrogens is 2. The van der Waals surface area contributed by atoms with Gasteiger partial charge in [-0.1, -0.05) is 12.1 Å². The van der Waals surface area contributed by atoms with E-state index in [1.807, 2.05) is 0 Å². The van der Waals surface area contributed by atoms with Gasteiger partial charge >= 0.3 is 0 Å². The van der Waals surface area contributed by atoms with E-state index in [1.165, 1.54) is 27.9 Å². The summed E-state index contributed by atoms with van der Waals surface area (Å²) < 4.78 is 1.31. The number of carbonyl (C=O) groups is 1. The maximum absolute atomic E-state index is 12.3. The number of aliphatic hydroxyl groups is 1. The van der Waals surface area contributed by atoms with Gasteiger partial charge in [0.1, 0.15) is 5.69 Å². The van der Waals surface area contributed by atoms with E-state index >= 15 is 0 Å². The van der Waals surface area contributed by atoms with Crippen molar-refractivity contribution in [1.29, 1.82) is 0 Å². The Morgan fingerprint density at radius 2 is 2.13 bits per heavy atom. The topological polar surface area (TPSA) is 102 Å². The van der Waals surface area contributed by atoms with E-state index in [4.69, 9.17) is 0 Å². The molecule has 0 saturated heterocycles. The average molecular weight is 318 g/mol. The molecule has 1 N–H and O–H groups in total. The molecule has 2 aromatic rings. The van der Waals surface area contributed by atoms with Gasteiger partial charge in [-0.25, -0.2) is 4.68 Å². The molecule has 1 unspecified atom stereocenters. The van der Waals surface area contributed by atoms with Gasteiger partial charge in [0.2, 0.25) is 0 Å². The smallest absolute Gasteiger partial charge is 0.294 e. The lowest BCUT2D eigenvalue weighted by atomic mass is 10.2. The highest BCUT2D eigenvalue weighted by Crippen LogP contribution is 2.21. The Kier molecular flexibility index (Phi) is 5.07. The van der Waals surface area contributed by atoms with E-state index in [2.05, 4.69) is 5.10 Å². The number of rotatable bonds is 6. The van der Waals surface area contributed by atoms with Gasteiger partial charge in [-0.3, -0.25) is 14.9 Å². The number of aliphatic hydroxyl groups excluding tert-OH is 1. The molecule has 1 heterocycles. The van der Waals surface area contributed by atoms with Crippen molar-refractivity contribution >= 4 is 11.6 Å². The molecule has 0 aliphatic rings. The van der Waals surface area contributed by atoms with Crippen LogP contribution in [0.1, 0.15) is 23.8 Å². The number of para-hydroxylation sites is 2. The van der Waals surface area contributed by atoms with E-state index in [1.54, 1.807) is 32.2 Å². The molecule has 2 rings (SSSR count). The molecular weight excluding hydrogens is 300 g/mol. The lowest BCUT2D eigenvalue weighted by molar-refractivity contribution is -0.384. The monoisotopic (exact) mass is 318 g/mol. The van der Waals surface area contributed by atoms with Gasteiger partial charge in [0, 0.05) is 25.9 Å². The molecular formula is C15H18N4O4. The predicted octanol–water partition coefficient (Wildman–Crippen LogP) is 1.62. The van der Waals surface area contributed by atoms with Crippen molar-refractivity contribution in [2.45, 2.75) is 19.4 Å². The Morgan fingerprint density at radius 1 is 1.43 bits per heavy atom. The maximum atomic E-state index is 12.3. The van der Waals surface area contributed by atoms with Gasteiger partial charge in [-0.05, 0) is 25.5 Å². The second-order valence-corrected chi connectivity index (χ2v) is 5.26. The largest absolute Gasteiger partial charge is 0.393 e. The van der Waals surface area contributed by atoms with Crippen molar-refractivity contribution in [3.05, 3.63) is 52.3 Å². The Morgan fingerprint density at radius 3 is 2.78 bits per heavy atom. The molecule has 0 fully saturated rings. The first-order chi connectivity index (χ1) is 10.9. The zero-order valence-electron chi connectivity index (χ0n) is 12.9. The third-order valence-electron chi connectivity index (χ3n) is 3.36. The molecule has 0 bridgehead atoms. The molecule has 0 aliphatic heterocycles. The Balaban J connectivity index is 2.21. The van der Waals surface area contributed by atoms with Gasteiger partial charge in [-0.2, -0.15) is 5.10 Å². The first kappa shape index (κ1) is 16.6. The lowest BCUT2D eigenvalue weighted by Crippen LogP contribution is -2.29. The standard InChI is InChI=1S/C15H18N4O4/c1-11(20)7-9-17(2)15(21)12-8-10-18(16-12)13-5-3-4-6-14(13)19(22)23/h3-6,8,10-11,20H,7,9H2,1-2H3. The number of benzene rings is 1. The van der Waals surface area contributed by atoms with Crippen LogP contribution in [0.3, 0.4) is 0 Å². The fraction of sp³-hybridized carbons (Fsp3) is 0.333. The normalized spacial score (nSPS) is 12.0. The summed E-state index contributed by atoms with van der Waals surface area (Å²) in [5, 5.41) is 24.5. The fourth-order valence-corrected chi connectivity index (χ4v) is 2.06. The Labute approximate surface area is 133 Å². The first-order valence-corrected chi connectivity index (χ1v) is 7.13. The molecule has 8 heteroatoms. The van der Waals surface area contributed by atoms with Crippen LogP contribution in [-0.4, -0.2) is 50.3 Å². The zero-order chi connectivity index (χ0) is 17.0. The molecule has 122 valence electrons. The Hall–Kier alpha value is -2.74. The summed E-state index contributed by atoms with van der Waals surface area (Å²) in [6.07, 6.45) is 1.49. The highest BCUT2D eigenvalue weighted by Gasteiger charge is 2.19. The first-order valence-electron chi connectivity index (χ1n) is 7.13. The summed E-state index contributed by atoms with van der Waals surface area (Å²) in [6.45, 7) is 2.05. The van der Waals surface area contributed by atoms with Crippen molar-refractivity contribution in [2.24, 2.45) is 0 Å². The van der Waals surface area contributed by atoms with Crippen LogP contribution in [-0.2, 0) is 0 Å². The van der Waals surface area contributed by atoms with Crippen LogP contribution >= 0.6 is 0 Å². The number of nitrogens with zero attached hydrogens (tertiary/aromatic N) is 4. The minimum Gasteiger partial charge on any atom is -0.393 e. The number of amides is 1. The SMILES string of the molecule is CC(O)CCN(C)C(=O)c1ccn(-c2ccccc2[N+](=O)[O-])n1. The summed E-state index contributed by atoms with van der Waals surface area (Å²) in [5.74, 6) is -0.303. The quantitative estimate of drug-likeness (QED) is 0.644. The number of hydrogen-bond acceptors (Lipinski definition) is 5. The van der Waals surface area contributed by atoms with Crippen molar-refractivity contribution in [3.63, 3.8) is 0 Å². The van der Waals surface area contributed by atoms with E-state index in [0.29, 0.717) is 18.7 Å². The summed E-state index contributed by atoms with van der Waals surface area (Å²) in [7, 11) is 1.62. The molecule has 1 aromatic carbocycles. The maximum Gasteiger partial charge on any atom is 0.294 e. The van der Waals surface area contributed by atoms with Crippen molar-refractivity contribution in [3.8, 4) is 5.69 Å². The molecule has 0 aliphatic carbocycles. The third-order valence-corrected chi connectivity index (χ3v) is 3.36. The molecule has 8 nitrogen and oxygen atoms in total. The van der Waals surface area contributed by atoms with Crippen LogP contribution in [0.25, 0.3) is 5.69 Å². The molecule has 1 aromatic heterocycles. The van der Waals surface area contributed by atoms with Gasteiger partial charge in [0.25, 0.3) is 11.6 Å². The number of nitro groups is 1. The minimum absolute atomic E-state index is 0.0861. The van der Waals surface area contributed by atoms with Crippen molar-refractivity contribution in [2.75, 3.05) is 13.6 Å². The summed E-state index contributed by atoms with van der Waals surface area (Å²) in [6, 6.07) is 7.70. The molecule has 1 atom stereocenters. The fourth-order valence-electron chi connectivity index (χ4n) is 2.06. The minimum atomic E-state index is -0.493. The zero-order valence-corrected chi connectivity index (χ0v) is 12.9. The van der Waals surface area contributed by atoms with Gasteiger partial charge in [0.05, 0.1) is 11.0 Å². The number of nitro benzene ring substituents is 1. The molecule has 0 radical (unpaired) electrons. The second kappa shape index (κ2) is 7.01. The van der Waals surface area contributed by atoms with E-state index in [-0.39, 0.29) is 17.3 Å². The van der Waals surface area contributed by atoms with Crippen LogP contribution in [0, 0.1) is 10.1 Å².